The topological polar surface area (TPSA) is 126 Å². The number of hydrogen-bond donors (Lipinski definition) is 2. The lowest BCUT2D eigenvalue weighted by molar-refractivity contribution is -0.205. The third-order valence-corrected chi connectivity index (χ3v) is 10.0. The lowest BCUT2D eigenvalue weighted by Crippen LogP contribution is -2.76. The van der Waals surface area contributed by atoms with Crippen molar-refractivity contribution in [1.29, 1.82) is 0 Å². The van der Waals surface area contributed by atoms with Crippen LogP contribution in [-0.2, 0) is 25.6 Å². The first-order chi connectivity index (χ1) is 19.6. The summed E-state index contributed by atoms with van der Waals surface area (Å²) < 4.78 is 0. The molecule has 3 unspecified atom stereocenters. The molecule has 220 valence electrons. The Morgan fingerprint density at radius 2 is 1.67 bits per heavy atom. The van der Waals surface area contributed by atoms with Crippen LogP contribution in [0.5, 0.6) is 5.75 Å². The van der Waals surface area contributed by atoms with Crippen LogP contribution in [0.1, 0.15) is 75.9 Å². The Balaban J connectivity index is 1.69. The van der Waals surface area contributed by atoms with Crippen LogP contribution in [0.4, 0.5) is 0 Å². The lowest BCUT2D eigenvalue weighted by Gasteiger charge is -2.61. The van der Waals surface area contributed by atoms with E-state index in [1.54, 1.807) is 33.8 Å². The van der Waals surface area contributed by atoms with Crippen LogP contribution >= 0.6 is 0 Å². The fraction of sp³-hybridized carbons (Fsp3) is 0.457. The van der Waals surface area contributed by atoms with E-state index in [1.165, 1.54) is 6.07 Å². The van der Waals surface area contributed by atoms with Crippen LogP contribution < -0.4 is 0 Å². The number of ketones is 5. The van der Waals surface area contributed by atoms with Gasteiger partial charge in [-0.3, -0.25) is 24.0 Å². The van der Waals surface area contributed by atoms with Gasteiger partial charge in [-0.15, -0.1) is 0 Å². The fourth-order valence-electron chi connectivity index (χ4n) is 8.43. The Morgan fingerprint density at radius 3 is 2.24 bits per heavy atom. The van der Waals surface area contributed by atoms with Gasteiger partial charge in [0, 0.05) is 11.3 Å². The molecule has 42 heavy (non-hydrogen) atoms. The molecule has 2 fully saturated rings. The monoisotopic (exact) mass is 570 g/mol. The molecule has 2 N–H and O–H groups in total. The minimum Gasteiger partial charge on any atom is -0.507 e. The number of fused-ring (bicyclic) bond motifs is 3. The van der Waals surface area contributed by atoms with E-state index >= 15 is 0 Å². The van der Waals surface area contributed by atoms with Crippen molar-refractivity contribution < 1.29 is 34.2 Å². The van der Waals surface area contributed by atoms with E-state index in [4.69, 9.17) is 0 Å². The van der Waals surface area contributed by atoms with Crippen molar-refractivity contribution in [2.24, 2.45) is 34.5 Å². The average Bonchev–Trinajstić information content (AvgIpc) is 2.89. The first-order valence-corrected chi connectivity index (χ1v) is 14.6. The van der Waals surface area contributed by atoms with Gasteiger partial charge < -0.3 is 10.2 Å². The highest BCUT2D eigenvalue weighted by molar-refractivity contribution is 6.32. The summed E-state index contributed by atoms with van der Waals surface area (Å²) in [5, 5.41) is 23.0. The normalized spacial score (nSPS) is 32.6. The number of Topliss-reactive ketones (excluding diaryl/α,β-unsaturated/α-hetero) is 5. The number of rotatable bonds is 5. The molecular weight excluding hydrogens is 532 g/mol. The van der Waals surface area contributed by atoms with Gasteiger partial charge >= 0.3 is 0 Å². The summed E-state index contributed by atoms with van der Waals surface area (Å²) in [4.78, 5) is 68.6. The summed E-state index contributed by atoms with van der Waals surface area (Å²) >= 11 is 0. The maximum Gasteiger partial charge on any atom is 0.190 e. The number of benzene rings is 2. The smallest absolute Gasteiger partial charge is 0.190 e. The van der Waals surface area contributed by atoms with E-state index in [1.807, 2.05) is 30.3 Å². The molecule has 0 bridgehead atoms. The van der Waals surface area contributed by atoms with Crippen molar-refractivity contribution in [2.75, 3.05) is 0 Å². The Kier molecular flexibility index (Phi) is 7.05. The van der Waals surface area contributed by atoms with Gasteiger partial charge in [0.05, 0.1) is 11.5 Å². The Hall–Kier alpha value is -3.71. The number of allylic oxidation sites excluding steroid dienone is 1. The molecular formula is C35H38O7. The molecule has 0 saturated heterocycles. The van der Waals surface area contributed by atoms with Gasteiger partial charge in [-0.25, -0.2) is 0 Å². The van der Waals surface area contributed by atoms with E-state index in [0.29, 0.717) is 5.56 Å². The van der Waals surface area contributed by atoms with Crippen molar-refractivity contribution in [3.05, 3.63) is 59.2 Å². The molecule has 3 aliphatic carbocycles. The number of hydrogen-bond acceptors (Lipinski definition) is 7. The Labute approximate surface area is 246 Å². The quantitative estimate of drug-likeness (QED) is 0.474. The second-order valence-corrected chi connectivity index (χ2v) is 13.2. The minimum atomic E-state index is -2.70. The van der Waals surface area contributed by atoms with Gasteiger partial charge in [-0.05, 0) is 65.8 Å². The maximum absolute atomic E-state index is 14.4. The highest BCUT2D eigenvalue weighted by atomic mass is 16.3. The van der Waals surface area contributed by atoms with Crippen LogP contribution in [0.3, 0.4) is 0 Å². The van der Waals surface area contributed by atoms with E-state index < -0.39 is 63.1 Å². The Bertz CT molecular complexity index is 1560. The van der Waals surface area contributed by atoms with Crippen molar-refractivity contribution in [2.45, 2.75) is 66.4 Å². The predicted molar refractivity (Wildman–Crippen MR) is 158 cm³/mol. The molecule has 0 amide bonds. The third kappa shape index (κ3) is 3.93. The molecule has 7 nitrogen and oxygen atoms in total. The summed E-state index contributed by atoms with van der Waals surface area (Å²) in [6.07, 6.45) is 5.23. The number of aromatic hydroxyl groups is 1. The van der Waals surface area contributed by atoms with Gasteiger partial charge in [-0.2, -0.15) is 0 Å². The molecule has 5 rings (SSSR count). The Morgan fingerprint density at radius 1 is 1.02 bits per heavy atom. The first-order valence-electron chi connectivity index (χ1n) is 14.6. The molecule has 0 heterocycles. The van der Waals surface area contributed by atoms with Crippen LogP contribution in [0.15, 0.2) is 42.5 Å². The third-order valence-electron chi connectivity index (χ3n) is 10.0. The summed E-state index contributed by atoms with van der Waals surface area (Å²) in [5.74, 6) is -8.90. The molecule has 0 spiro atoms. The number of aliphatic hydroxyl groups is 1. The van der Waals surface area contributed by atoms with Crippen molar-refractivity contribution in [3.63, 3.8) is 0 Å². The van der Waals surface area contributed by atoms with Gasteiger partial charge in [0.15, 0.2) is 28.7 Å². The molecule has 3 aliphatic rings. The van der Waals surface area contributed by atoms with Gasteiger partial charge in [-0.1, -0.05) is 77.1 Å². The summed E-state index contributed by atoms with van der Waals surface area (Å²) in [7, 11) is 0. The lowest BCUT2D eigenvalue weighted by atomic mass is 9.40. The molecule has 7 heteroatoms. The number of phenols is 1. The molecule has 2 saturated carbocycles. The highest BCUT2D eigenvalue weighted by Gasteiger charge is 2.76. The SMILES string of the molecule is CC/C=C\c1ccc(-c2ccc(O)c3c2C[C@]2(C)C[C@]4(C)C(C(C)C)C(=O)C(C(C)=O)C(=O)[C@]4(O)C(=O)C2C3=O)cc1. The molecule has 0 aromatic heterocycles. The van der Waals surface area contributed by atoms with Crippen LogP contribution in [-0.4, -0.2) is 44.7 Å². The van der Waals surface area contributed by atoms with E-state index in [9.17, 15) is 34.2 Å². The molecule has 0 radical (unpaired) electrons. The van der Waals surface area contributed by atoms with Gasteiger partial charge in [0.1, 0.15) is 17.5 Å². The average molecular weight is 571 g/mol. The number of phenolic OH excluding ortho intramolecular Hbond substituents is 1. The largest absolute Gasteiger partial charge is 0.507 e. The predicted octanol–water partition coefficient (Wildman–Crippen LogP) is 5.18. The maximum atomic E-state index is 14.4. The van der Waals surface area contributed by atoms with Crippen molar-refractivity contribution in [1.82, 2.24) is 0 Å². The highest BCUT2D eigenvalue weighted by Crippen LogP contribution is 2.64. The molecule has 2 aromatic rings. The number of carbonyl (C=O) groups is 5. The summed E-state index contributed by atoms with van der Waals surface area (Å²) in [6, 6.07) is 11.0. The standard InChI is InChI=1S/C35H38O7/c1-7-8-9-20-10-12-21(13-11-20)22-14-15-24(37)26-23(22)16-33(5)17-34(6)27(18(2)3)29(38)25(19(4)36)31(40)35(34,42)32(41)28(33)30(26)39/h8-15,18,25,27-28,37,42H,7,16-17H2,1-6H3/b9-8-/t25?,27?,28?,33-,34-,35+/m1/s1. The van der Waals surface area contributed by atoms with Gasteiger partial charge in [0.25, 0.3) is 0 Å². The molecule has 0 aliphatic heterocycles. The van der Waals surface area contributed by atoms with Crippen LogP contribution in [0.25, 0.3) is 17.2 Å². The van der Waals surface area contributed by atoms with E-state index in [-0.39, 0.29) is 30.1 Å². The second-order valence-electron chi connectivity index (χ2n) is 13.2. The first kappa shape index (κ1) is 29.8. The van der Waals surface area contributed by atoms with E-state index in [0.717, 1.165) is 30.0 Å². The molecule has 2 aromatic carbocycles. The van der Waals surface area contributed by atoms with Crippen molar-refractivity contribution >= 4 is 35.0 Å². The zero-order chi connectivity index (χ0) is 30.9. The minimum absolute atomic E-state index is 0.00773. The fourth-order valence-corrected chi connectivity index (χ4v) is 8.43. The van der Waals surface area contributed by atoms with Crippen LogP contribution in [0, 0.1) is 34.5 Å². The van der Waals surface area contributed by atoms with Gasteiger partial charge in [0.2, 0.25) is 0 Å². The zero-order valence-corrected chi connectivity index (χ0v) is 25.0. The zero-order valence-electron chi connectivity index (χ0n) is 25.0. The number of carbonyl (C=O) groups excluding carboxylic acids is 5. The summed E-state index contributed by atoms with van der Waals surface area (Å²) in [6.45, 7) is 10.1. The van der Waals surface area contributed by atoms with E-state index in [2.05, 4.69) is 13.0 Å². The second kappa shape index (κ2) is 9.94. The summed E-state index contributed by atoms with van der Waals surface area (Å²) in [5.41, 5.74) is -2.09. The molecule has 6 atom stereocenters. The van der Waals surface area contributed by atoms with Crippen LogP contribution in [0.2, 0.25) is 0 Å². The van der Waals surface area contributed by atoms with Crippen molar-refractivity contribution in [3.8, 4) is 16.9 Å².